The molecule has 2 aromatic carbocycles. The molecule has 8 nitrogen and oxygen atoms in total. The first-order valence-corrected chi connectivity index (χ1v) is 9.44. The number of piperidine rings is 1. The molecule has 3 aliphatic rings. The van der Waals surface area contributed by atoms with Crippen molar-refractivity contribution in [2.75, 3.05) is 26.1 Å². The fraction of sp³-hybridized carbons (Fsp3) is 0.400. The number of hydrogen-bond donors (Lipinski definition) is 1. The van der Waals surface area contributed by atoms with Gasteiger partial charge in [0.15, 0.2) is 0 Å². The lowest BCUT2D eigenvalue weighted by atomic mass is 10.0. The van der Waals surface area contributed by atoms with Gasteiger partial charge in [-0.2, -0.15) is 0 Å². The van der Waals surface area contributed by atoms with Crippen LogP contribution in [0.2, 0.25) is 0 Å². The summed E-state index contributed by atoms with van der Waals surface area (Å²) in [6.07, 6.45) is -7.55. The number of carbonyl (C=O) groups excluding carboxylic acids is 3. The van der Waals surface area contributed by atoms with Crippen molar-refractivity contribution in [3.63, 3.8) is 0 Å². The third-order valence-corrected chi connectivity index (χ3v) is 4.54. The van der Waals surface area contributed by atoms with E-state index in [0.29, 0.717) is 12.1 Å². The number of rotatable bonds is 6. The predicted molar refractivity (Wildman–Crippen MR) is 119 cm³/mol. The van der Waals surface area contributed by atoms with Gasteiger partial charge in [0.2, 0.25) is 11.8 Å². The van der Waals surface area contributed by atoms with Gasteiger partial charge in [0.05, 0.1) is 32.0 Å². The van der Waals surface area contributed by atoms with Gasteiger partial charge in [-0.15, -0.1) is 0 Å². The SMILES string of the molecule is [2H]C([2H])(Oc1cccc2c1C([2H])([2H])N([C@@]1([2H])C(=O)NC(=O)C([2H])([2H])C1([2H])[2H])C2=O)c1ccc(C([2H])([2H])N2C([2H])([2H])C([2H])([2H])OC([2H])([2H])C2([2H])[2H])cc1F. The second kappa shape index (κ2) is 9.52. The van der Waals surface area contributed by atoms with Crippen molar-refractivity contribution in [1.29, 1.82) is 0 Å². The van der Waals surface area contributed by atoms with E-state index in [1.54, 1.807) is 0 Å². The summed E-state index contributed by atoms with van der Waals surface area (Å²) >= 11 is 0. The number of hydrogen-bond acceptors (Lipinski definition) is 6. The van der Waals surface area contributed by atoms with Crippen LogP contribution in [0.15, 0.2) is 36.4 Å². The smallest absolute Gasteiger partial charge is 0.255 e. The Morgan fingerprint density at radius 2 is 2.06 bits per heavy atom. The van der Waals surface area contributed by atoms with Crippen molar-refractivity contribution in [3.8, 4) is 5.75 Å². The summed E-state index contributed by atoms with van der Waals surface area (Å²) in [5, 5.41) is 1.42. The molecular formula is C25H26FN3O5. The number of amides is 3. The molecule has 0 aliphatic carbocycles. The van der Waals surface area contributed by atoms with Crippen LogP contribution >= 0.6 is 0 Å². The van der Waals surface area contributed by atoms with Crippen molar-refractivity contribution in [1.82, 2.24) is 15.1 Å². The van der Waals surface area contributed by atoms with Gasteiger partial charge in [0.1, 0.15) is 24.1 Å². The van der Waals surface area contributed by atoms with E-state index < -0.39 is 121 Å². The van der Waals surface area contributed by atoms with Gasteiger partial charge in [-0.1, -0.05) is 18.2 Å². The Kier molecular flexibility index (Phi) is 2.63. The molecule has 0 spiro atoms. The standard InChI is InChI=1S/C25H26FN3O5/c26-20-12-16(13-28-8-10-33-11-9-28)4-5-17(20)15-34-22-3-1-2-18-19(22)14-29(25(18)32)21-6-7-23(30)27-24(21)31/h1-5,12,21H,6-11,13-15H2,(H,27,30,31)/t21-/m1/s1/i6D2,7D2,8D2,9D2,10D2,11D2,13D2,14D2,15D2,21D. The number of halogens is 1. The lowest BCUT2D eigenvalue weighted by molar-refractivity contribution is -0.136. The van der Waals surface area contributed by atoms with Gasteiger partial charge in [-0.05, 0) is 30.1 Å². The summed E-state index contributed by atoms with van der Waals surface area (Å²) in [4.78, 5) is 37.9. The zero-order chi connectivity index (χ0) is 40.7. The van der Waals surface area contributed by atoms with Crippen LogP contribution in [0, 0.1) is 5.82 Å². The second-order valence-corrected chi connectivity index (χ2v) is 6.69. The summed E-state index contributed by atoms with van der Waals surface area (Å²) in [5.41, 5.74) is -3.68. The molecule has 1 N–H and O–H groups in total. The first-order chi connectivity index (χ1) is 23.6. The zero-order valence-electron chi connectivity index (χ0n) is 35.8. The molecule has 0 radical (unpaired) electrons. The maximum Gasteiger partial charge on any atom is 0.255 e. The van der Waals surface area contributed by atoms with Crippen LogP contribution in [0.4, 0.5) is 4.39 Å². The summed E-state index contributed by atoms with van der Waals surface area (Å²) in [5.74, 6) is -7.83. The molecule has 1 atom stereocenters. The van der Waals surface area contributed by atoms with E-state index in [9.17, 15) is 14.4 Å². The molecule has 0 saturated carbocycles. The molecule has 34 heavy (non-hydrogen) atoms. The minimum absolute atomic E-state index is 0.256. The average Bonchev–Trinajstić information content (AvgIpc) is 3.18. The molecule has 3 aliphatic heterocycles. The van der Waals surface area contributed by atoms with Crippen molar-refractivity contribution < 1.29 is 54.3 Å². The maximum atomic E-state index is 15.7. The number of imide groups is 1. The zero-order valence-corrected chi connectivity index (χ0v) is 16.8. The molecule has 178 valence electrons. The predicted octanol–water partition coefficient (Wildman–Crippen LogP) is 2.00. The number of ether oxygens (including phenoxy) is 2. The highest BCUT2D eigenvalue weighted by Gasteiger charge is 2.40. The first-order valence-electron chi connectivity index (χ1n) is 18.9. The van der Waals surface area contributed by atoms with Crippen molar-refractivity contribution in [2.24, 2.45) is 0 Å². The molecule has 0 aromatic heterocycles. The average molecular weight is 487 g/mol. The Morgan fingerprint density at radius 3 is 2.85 bits per heavy atom. The third kappa shape index (κ3) is 4.53. The summed E-state index contributed by atoms with van der Waals surface area (Å²) in [6, 6.07) is 0.420. The first kappa shape index (κ1) is 9.39. The Hall–Kier alpha value is -3.30. The van der Waals surface area contributed by atoms with E-state index in [-0.39, 0.29) is 11.0 Å². The second-order valence-electron chi connectivity index (χ2n) is 6.69. The van der Waals surface area contributed by atoms with E-state index in [0.717, 1.165) is 18.2 Å². The van der Waals surface area contributed by atoms with Crippen LogP contribution in [0.25, 0.3) is 0 Å². The third-order valence-electron chi connectivity index (χ3n) is 4.54. The normalized spacial score (nSPS) is 42.6. The minimum Gasteiger partial charge on any atom is -0.488 e. The summed E-state index contributed by atoms with van der Waals surface area (Å²) in [6.45, 7) is -25.3. The number of fused-ring (bicyclic) bond motifs is 1. The number of nitrogens with one attached hydrogen (secondary N) is 1. The maximum absolute atomic E-state index is 15.7. The van der Waals surface area contributed by atoms with Gasteiger partial charge in [-0.3, -0.25) is 24.6 Å². The fourth-order valence-corrected chi connectivity index (χ4v) is 3.03. The Bertz CT molecular complexity index is 1920. The number of benzene rings is 2. The van der Waals surface area contributed by atoms with Gasteiger partial charge in [0, 0.05) is 56.3 Å². The molecule has 5 rings (SSSR count). The largest absolute Gasteiger partial charge is 0.488 e. The molecular weight excluding hydrogens is 441 g/mol. The van der Waals surface area contributed by atoms with E-state index in [4.69, 9.17) is 30.8 Å². The lowest BCUT2D eigenvalue weighted by Crippen LogP contribution is -2.52. The highest BCUT2D eigenvalue weighted by molar-refractivity contribution is 6.05. The van der Waals surface area contributed by atoms with Crippen molar-refractivity contribution in [2.45, 2.75) is 38.3 Å². The van der Waals surface area contributed by atoms with E-state index in [2.05, 4.69) is 4.74 Å². The van der Waals surface area contributed by atoms with Crippen molar-refractivity contribution in [3.05, 3.63) is 64.5 Å². The molecule has 2 fully saturated rings. The van der Waals surface area contributed by atoms with Crippen LogP contribution in [0.3, 0.4) is 0 Å². The van der Waals surface area contributed by atoms with Crippen LogP contribution in [0.1, 0.15) is 65.8 Å². The summed E-state index contributed by atoms with van der Waals surface area (Å²) < 4.78 is 182. The Balaban J connectivity index is 1.55. The highest BCUT2D eigenvalue weighted by atomic mass is 19.1. The van der Waals surface area contributed by atoms with Crippen LogP contribution in [0.5, 0.6) is 5.75 Å². The van der Waals surface area contributed by atoms with Crippen molar-refractivity contribution >= 4 is 17.7 Å². The van der Waals surface area contributed by atoms with Crippen LogP contribution in [-0.2, 0) is 33.9 Å². The van der Waals surface area contributed by atoms with Gasteiger partial charge >= 0.3 is 0 Å². The van der Waals surface area contributed by atoms with E-state index in [1.165, 1.54) is 5.32 Å². The molecule has 3 heterocycles. The number of nitrogens with zero attached hydrogens (tertiary/aromatic N) is 2. The van der Waals surface area contributed by atoms with E-state index in [1.807, 2.05) is 0 Å². The molecule has 0 bridgehead atoms. The molecule has 0 unspecified atom stereocenters. The topological polar surface area (TPSA) is 88.2 Å². The number of morpholine rings is 1. The number of carbonyl (C=O) groups is 3. The molecule has 2 aromatic rings. The quantitative estimate of drug-likeness (QED) is 0.629. The molecule has 9 heteroatoms. The Labute approximate surface area is 223 Å². The van der Waals surface area contributed by atoms with Gasteiger partial charge < -0.3 is 14.4 Å². The lowest BCUT2D eigenvalue weighted by Gasteiger charge is -2.29. The van der Waals surface area contributed by atoms with E-state index >= 15 is 4.39 Å². The van der Waals surface area contributed by atoms with Crippen LogP contribution < -0.4 is 10.1 Å². The minimum atomic E-state index is -3.89. The monoisotopic (exact) mass is 486 g/mol. The van der Waals surface area contributed by atoms with Gasteiger partial charge in [-0.25, -0.2) is 4.39 Å². The van der Waals surface area contributed by atoms with Crippen LogP contribution in [-0.4, -0.2) is 59.7 Å². The molecule has 2 saturated heterocycles. The summed E-state index contributed by atoms with van der Waals surface area (Å²) in [7, 11) is 0. The highest BCUT2D eigenvalue weighted by Crippen LogP contribution is 2.34. The molecule has 3 amide bonds. The Morgan fingerprint density at radius 1 is 1.24 bits per heavy atom. The van der Waals surface area contributed by atoms with Gasteiger partial charge in [0.25, 0.3) is 5.91 Å². The fourth-order valence-electron chi connectivity index (χ4n) is 3.03.